The van der Waals surface area contributed by atoms with Crippen molar-refractivity contribution in [1.82, 2.24) is 5.32 Å². The van der Waals surface area contributed by atoms with Crippen LogP contribution in [0.15, 0.2) is 24.3 Å². The Morgan fingerprint density at radius 3 is 2.44 bits per heavy atom. The van der Waals surface area contributed by atoms with E-state index in [1.54, 1.807) is 0 Å². The van der Waals surface area contributed by atoms with Crippen molar-refractivity contribution in [2.45, 2.75) is 45.4 Å². The van der Waals surface area contributed by atoms with Gasteiger partial charge in [-0.1, -0.05) is 56.3 Å². The first kappa shape index (κ1) is 15.5. The molecule has 0 aliphatic rings. The van der Waals surface area contributed by atoms with E-state index in [1.807, 2.05) is 19.2 Å². The van der Waals surface area contributed by atoms with Gasteiger partial charge in [-0.3, -0.25) is 0 Å². The minimum Gasteiger partial charge on any atom is -0.319 e. The fraction of sp³-hybridized carbons (Fsp3) is 0.625. The summed E-state index contributed by atoms with van der Waals surface area (Å²) < 4.78 is 0. The Bertz CT molecular complexity index is 307. The Hall–Kier alpha value is -0.530. The number of unbranched alkanes of at least 4 members (excludes halogenated alkanes) is 3. The van der Waals surface area contributed by atoms with Gasteiger partial charge in [0, 0.05) is 5.02 Å². The number of hydrogen-bond acceptors (Lipinski definition) is 1. The Morgan fingerprint density at radius 2 is 1.83 bits per heavy atom. The minimum atomic E-state index is 0.744. The molecular weight excluding hydrogens is 242 g/mol. The molecule has 1 aromatic carbocycles. The van der Waals surface area contributed by atoms with Crippen molar-refractivity contribution in [3.05, 3.63) is 34.9 Å². The largest absolute Gasteiger partial charge is 0.319 e. The zero-order valence-corrected chi connectivity index (χ0v) is 12.5. The van der Waals surface area contributed by atoms with Crippen LogP contribution in [0.2, 0.25) is 5.02 Å². The van der Waals surface area contributed by atoms with E-state index < -0.39 is 0 Å². The first-order valence-corrected chi connectivity index (χ1v) is 7.53. The van der Waals surface area contributed by atoms with E-state index >= 15 is 0 Å². The molecule has 0 saturated carbocycles. The molecule has 1 nitrogen and oxygen atoms in total. The standard InChI is InChI=1S/C16H26ClN/c1-3-4-5-6-7-15(13-18-2)12-14-8-10-16(17)11-9-14/h8-11,15,18H,3-7,12-13H2,1-2H3. The SMILES string of the molecule is CCCCCCC(CNC)Cc1ccc(Cl)cc1. The summed E-state index contributed by atoms with van der Waals surface area (Å²) in [5.74, 6) is 0.744. The first-order chi connectivity index (χ1) is 8.76. The average molecular weight is 268 g/mol. The highest BCUT2D eigenvalue weighted by Crippen LogP contribution is 2.17. The molecule has 0 aliphatic carbocycles. The second-order valence-electron chi connectivity index (χ2n) is 5.10. The van der Waals surface area contributed by atoms with Gasteiger partial charge >= 0.3 is 0 Å². The van der Waals surface area contributed by atoms with Crippen molar-refractivity contribution >= 4 is 11.6 Å². The molecule has 2 heteroatoms. The smallest absolute Gasteiger partial charge is 0.0406 e. The Balaban J connectivity index is 2.38. The van der Waals surface area contributed by atoms with E-state index in [0.29, 0.717) is 0 Å². The van der Waals surface area contributed by atoms with Crippen LogP contribution in [0.4, 0.5) is 0 Å². The highest BCUT2D eigenvalue weighted by Gasteiger charge is 2.08. The van der Waals surface area contributed by atoms with Crippen LogP contribution in [-0.2, 0) is 6.42 Å². The number of rotatable bonds is 9. The maximum absolute atomic E-state index is 5.92. The highest BCUT2D eigenvalue weighted by molar-refractivity contribution is 6.30. The molecule has 0 aromatic heterocycles. The lowest BCUT2D eigenvalue weighted by Gasteiger charge is -2.16. The second-order valence-corrected chi connectivity index (χ2v) is 5.54. The zero-order chi connectivity index (χ0) is 13.2. The second kappa shape index (κ2) is 9.41. The summed E-state index contributed by atoms with van der Waals surface area (Å²) in [6.45, 7) is 3.37. The van der Waals surface area contributed by atoms with Gasteiger partial charge in [0.25, 0.3) is 0 Å². The van der Waals surface area contributed by atoms with Crippen LogP contribution in [0, 0.1) is 5.92 Å². The molecule has 0 aliphatic heterocycles. The normalized spacial score (nSPS) is 12.6. The summed E-state index contributed by atoms with van der Waals surface area (Å²) >= 11 is 5.92. The minimum absolute atomic E-state index is 0.744. The van der Waals surface area contributed by atoms with Crippen LogP contribution in [-0.4, -0.2) is 13.6 Å². The lowest BCUT2D eigenvalue weighted by molar-refractivity contribution is 0.435. The van der Waals surface area contributed by atoms with E-state index in [4.69, 9.17) is 11.6 Å². The third kappa shape index (κ3) is 6.42. The quantitative estimate of drug-likeness (QED) is 0.640. The van der Waals surface area contributed by atoms with Crippen LogP contribution < -0.4 is 5.32 Å². The topological polar surface area (TPSA) is 12.0 Å². The van der Waals surface area contributed by atoms with Crippen LogP contribution in [0.3, 0.4) is 0 Å². The Labute approximate surface area is 117 Å². The highest BCUT2D eigenvalue weighted by atomic mass is 35.5. The van der Waals surface area contributed by atoms with Crippen molar-refractivity contribution in [1.29, 1.82) is 0 Å². The molecule has 1 atom stereocenters. The van der Waals surface area contributed by atoms with Crippen molar-refractivity contribution in [3.8, 4) is 0 Å². The average Bonchev–Trinajstić information content (AvgIpc) is 2.37. The number of benzene rings is 1. The molecular formula is C16H26ClN. The Morgan fingerprint density at radius 1 is 1.11 bits per heavy atom. The number of nitrogens with one attached hydrogen (secondary N) is 1. The molecule has 0 fully saturated rings. The van der Waals surface area contributed by atoms with Crippen LogP contribution >= 0.6 is 11.6 Å². The predicted molar refractivity (Wildman–Crippen MR) is 81.3 cm³/mol. The lowest BCUT2D eigenvalue weighted by Crippen LogP contribution is -2.20. The van der Waals surface area contributed by atoms with Gasteiger partial charge in [0.1, 0.15) is 0 Å². The van der Waals surface area contributed by atoms with E-state index in [-0.39, 0.29) is 0 Å². The molecule has 1 aromatic rings. The van der Waals surface area contributed by atoms with Crippen molar-refractivity contribution < 1.29 is 0 Å². The maximum atomic E-state index is 5.92. The van der Waals surface area contributed by atoms with E-state index in [2.05, 4.69) is 24.4 Å². The van der Waals surface area contributed by atoms with E-state index in [0.717, 1.165) is 23.9 Å². The van der Waals surface area contributed by atoms with Gasteiger partial charge in [0.2, 0.25) is 0 Å². The third-order valence-corrected chi connectivity index (χ3v) is 3.65. The van der Waals surface area contributed by atoms with E-state index in [9.17, 15) is 0 Å². The molecule has 0 amide bonds. The monoisotopic (exact) mass is 267 g/mol. The van der Waals surface area contributed by atoms with Gasteiger partial charge in [-0.15, -0.1) is 0 Å². The van der Waals surface area contributed by atoms with E-state index in [1.165, 1.54) is 37.7 Å². The van der Waals surface area contributed by atoms with Crippen molar-refractivity contribution in [3.63, 3.8) is 0 Å². The van der Waals surface area contributed by atoms with Crippen LogP contribution in [0.5, 0.6) is 0 Å². The van der Waals surface area contributed by atoms with Crippen molar-refractivity contribution in [2.24, 2.45) is 5.92 Å². The zero-order valence-electron chi connectivity index (χ0n) is 11.7. The summed E-state index contributed by atoms with van der Waals surface area (Å²) in [6, 6.07) is 8.28. The molecule has 0 spiro atoms. The molecule has 1 rings (SSSR count). The van der Waals surface area contributed by atoms with Gasteiger partial charge < -0.3 is 5.32 Å². The predicted octanol–water partition coefficient (Wildman–Crippen LogP) is 4.69. The summed E-state index contributed by atoms with van der Waals surface area (Å²) in [6.07, 6.45) is 7.89. The third-order valence-electron chi connectivity index (χ3n) is 3.40. The molecule has 0 bridgehead atoms. The number of hydrogen-bond donors (Lipinski definition) is 1. The van der Waals surface area contributed by atoms with Crippen molar-refractivity contribution in [2.75, 3.05) is 13.6 Å². The van der Waals surface area contributed by atoms with Crippen LogP contribution in [0.1, 0.15) is 44.6 Å². The molecule has 1 N–H and O–H groups in total. The van der Waals surface area contributed by atoms with Gasteiger partial charge in [0.15, 0.2) is 0 Å². The fourth-order valence-electron chi connectivity index (χ4n) is 2.38. The summed E-state index contributed by atoms with van der Waals surface area (Å²) in [5, 5.41) is 4.14. The first-order valence-electron chi connectivity index (χ1n) is 7.15. The fourth-order valence-corrected chi connectivity index (χ4v) is 2.50. The van der Waals surface area contributed by atoms with Gasteiger partial charge in [-0.2, -0.15) is 0 Å². The molecule has 0 heterocycles. The molecule has 0 saturated heterocycles. The molecule has 18 heavy (non-hydrogen) atoms. The Kier molecular flexibility index (Phi) is 8.11. The van der Waals surface area contributed by atoms with Gasteiger partial charge in [0.05, 0.1) is 0 Å². The summed E-state index contributed by atoms with van der Waals surface area (Å²) in [4.78, 5) is 0. The molecule has 1 unspecified atom stereocenters. The molecule has 0 radical (unpaired) electrons. The lowest BCUT2D eigenvalue weighted by atomic mass is 9.93. The molecule has 102 valence electrons. The summed E-state index contributed by atoms with van der Waals surface area (Å²) in [7, 11) is 2.04. The number of halogens is 1. The van der Waals surface area contributed by atoms with Gasteiger partial charge in [-0.25, -0.2) is 0 Å². The summed E-state index contributed by atoms with van der Waals surface area (Å²) in [5.41, 5.74) is 1.40. The van der Waals surface area contributed by atoms with Crippen LogP contribution in [0.25, 0.3) is 0 Å². The maximum Gasteiger partial charge on any atom is 0.0406 e. The van der Waals surface area contributed by atoms with Gasteiger partial charge in [-0.05, 0) is 50.0 Å².